The van der Waals surface area contributed by atoms with Crippen molar-refractivity contribution in [3.63, 3.8) is 0 Å². The third-order valence-corrected chi connectivity index (χ3v) is 2.00. The molecular weight excluding hydrogens is 192 g/mol. The number of rotatable bonds is 11. The lowest BCUT2D eigenvalue weighted by molar-refractivity contribution is -0.167. The van der Waals surface area contributed by atoms with Crippen LogP contribution in [0, 0.1) is 6.92 Å². The van der Waals surface area contributed by atoms with Gasteiger partial charge in [0.15, 0.2) is 6.29 Å². The highest BCUT2D eigenvalue weighted by Gasteiger charge is 2.07. The van der Waals surface area contributed by atoms with Gasteiger partial charge in [0.25, 0.3) is 0 Å². The minimum atomic E-state index is -0.245. The molecule has 0 saturated heterocycles. The fraction of sp³-hybridized carbons (Fsp3) is 0.917. The van der Waals surface area contributed by atoms with Gasteiger partial charge in [-0.2, -0.15) is 0 Å². The van der Waals surface area contributed by atoms with Crippen LogP contribution >= 0.6 is 0 Å². The highest BCUT2D eigenvalue weighted by Crippen LogP contribution is 2.00. The number of hydrogen-bond donors (Lipinski definition) is 0. The summed E-state index contributed by atoms with van der Waals surface area (Å²) >= 11 is 0. The number of unbranched alkanes of at least 4 members (excludes halogenated alkanes) is 2. The second-order valence-electron chi connectivity index (χ2n) is 3.45. The van der Waals surface area contributed by atoms with Gasteiger partial charge in [-0.3, -0.25) is 0 Å². The van der Waals surface area contributed by atoms with E-state index >= 15 is 0 Å². The molecule has 0 aliphatic carbocycles. The van der Waals surface area contributed by atoms with Gasteiger partial charge >= 0.3 is 0 Å². The van der Waals surface area contributed by atoms with E-state index in [1.165, 1.54) is 0 Å². The van der Waals surface area contributed by atoms with Crippen molar-refractivity contribution in [2.24, 2.45) is 0 Å². The Hall–Kier alpha value is -0.120. The van der Waals surface area contributed by atoms with E-state index in [9.17, 15) is 0 Å². The second kappa shape index (κ2) is 12.0. The summed E-state index contributed by atoms with van der Waals surface area (Å²) in [6, 6.07) is 0. The average Bonchev–Trinajstić information content (AvgIpc) is 2.24. The number of hydrogen-bond acceptors (Lipinski definition) is 3. The minimum Gasteiger partial charge on any atom is -0.376 e. The van der Waals surface area contributed by atoms with E-state index in [-0.39, 0.29) is 6.29 Å². The zero-order valence-corrected chi connectivity index (χ0v) is 10.2. The molecule has 0 N–H and O–H groups in total. The minimum absolute atomic E-state index is 0.245. The van der Waals surface area contributed by atoms with Crippen LogP contribution in [0.4, 0.5) is 0 Å². The summed E-state index contributed by atoms with van der Waals surface area (Å²) in [5, 5.41) is 0. The lowest BCUT2D eigenvalue weighted by Crippen LogP contribution is -2.24. The van der Waals surface area contributed by atoms with Crippen molar-refractivity contribution in [3.05, 3.63) is 6.92 Å². The van der Waals surface area contributed by atoms with Crippen LogP contribution in [-0.4, -0.2) is 32.7 Å². The van der Waals surface area contributed by atoms with E-state index < -0.39 is 0 Å². The van der Waals surface area contributed by atoms with E-state index in [0.29, 0.717) is 13.2 Å². The predicted molar refractivity (Wildman–Crippen MR) is 61.7 cm³/mol. The molecule has 0 heterocycles. The summed E-state index contributed by atoms with van der Waals surface area (Å²) in [7, 11) is 0. The van der Waals surface area contributed by atoms with Gasteiger partial charge in [-0.25, -0.2) is 0 Å². The van der Waals surface area contributed by atoms with Gasteiger partial charge in [-0.15, -0.1) is 0 Å². The molecule has 1 radical (unpaired) electrons. The topological polar surface area (TPSA) is 27.7 Å². The predicted octanol–water partition coefficient (Wildman–Crippen LogP) is 2.80. The van der Waals surface area contributed by atoms with Crippen LogP contribution in [0.3, 0.4) is 0 Å². The first kappa shape index (κ1) is 14.9. The molecule has 0 amide bonds. The van der Waals surface area contributed by atoms with E-state index in [1.807, 2.05) is 0 Å². The van der Waals surface area contributed by atoms with Gasteiger partial charge in [0.2, 0.25) is 0 Å². The molecule has 0 aromatic rings. The van der Waals surface area contributed by atoms with E-state index in [4.69, 9.17) is 14.2 Å². The van der Waals surface area contributed by atoms with Gasteiger partial charge < -0.3 is 14.2 Å². The molecule has 0 aromatic carbocycles. The average molecular weight is 217 g/mol. The molecule has 0 aromatic heterocycles. The first-order valence-electron chi connectivity index (χ1n) is 5.95. The Morgan fingerprint density at radius 1 is 1.00 bits per heavy atom. The van der Waals surface area contributed by atoms with E-state index in [2.05, 4.69) is 20.8 Å². The smallest absolute Gasteiger partial charge is 0.180 e. The second-order valence-corrected chi connectivity index (χ2v) is 3.45. The maximum Gasteiger partial charge on any atom is 0.180 e. The van der Waals surface area contributed by atoms with Gasteiger partial charge in [0, 0.05) is 19.8 Å². The van der Waals surface area contributed by atoms with E-state index in [1.54, 1.807) is 0 Å². The van der Waals surface area contributed by atoms with Crippen LogP contribution in [0.2, 0.25) is 0 Å². The Labute approximate surface area is 94.1 Å². The molecule has 15 heavy (non-hydrogen) atoms. The van der Waals surface area contributed by atoms with Crippen LogP contribution in [-0.2, 0) is 14.2 Å². The summed E-state index contributed by atoms with van der Waals surface area (Å²) in [6.07, 6.45) is 4.19. The zero-order valence-electron chi connectivity index (χ0n) is 10.2. The van der Waals surface area contributed by atoms with Crippen molar-refractivity contribution in [1.29, 1.82) is 0 Å². The molecule has 0 spiro atoms. The molecule has 91 valence electrons. The standard InChI is InChI=1S/C12H25O3/c1-4-7-9-13-11-12(14-6-3)15-10-8-5-2/h12H,3-11H2,1-2H3. The summed E-state index contributed by atoms with van der Waals surface area (Å²) in [5.41, 5.74) is 0. The molecule has 1 unspecified atom stereocenters. The van der Waals surface area contributed by atoms with Crippen LogP contribution in [0.15, 0.2) is 0 Å². The van der Waals surface area contributed by atoms with Crippen LogP contribution < -0.4 is 0 Å². The Morgan fingerprint density at radius 2 is 1.67 bits per heavy atom. The van der Waals surface area contributed by atoms with Crippen molar-refractivity contribution in [2.45, 2.75) is 45.8 Å². The first-order chi connectivity index (χ1) is 7.35. The third kappa shape index (κ3) is 10.2. The van der Waals surface area contributed by atoms with Crippen LogP contribution in [0.25, 0.3) is 0 Å². The molecule has 0 fully saturated rings. The van der Waals surface area contributed by atoms with Crippen molar-refractivity contribution >= 4 is 0 Å². The maximum atomic E-state index is 5.52. The van der Waals surface area contributed by atoms with Gasteiger partial charge in [-0.05, 0) is 19.8 Å². The summed E-state index contributed by atoms with van der Waals surface area (Å²) in [4.78, 5) is 0. The Bertz CT molecular complexity index is 117. The maximum absolute atomic E-state index is 5.52. The van der Waals surface area contributed by atoms with Crippen LogP contribution in [0.1, 0.15) is 39.5 Å². The third-order valence-electron chi connectivity index (χ3n) is 2.00. The molecular formula is C12H25O3. The van der Waals surface area contributed by atoms with Crippen molar-refractivity contribution in [2.75, 3.05) is 26.4 Å². The summed E-state index contributed by atoms with van der Waals surface area (Å²) in [6.45, 7) is 10.4. The molecule has 0 rings (SSSR count). The van der Waals surface area contributed by atoms with Crippen molar-refractivity contribution in [1.82, 2.24) is 0 Å². The van der Waals surface area contributed by atoms with Crippen LogP contribution in [0.5, 0.6) is 0 Å². The normalized spacial score (nSPS) is 13.0. The van der Waals surface area contributed by atoms with Crippen molar-refractivity contribution in [3.8, 4) is 0 Å². The molecule has 0 saturated carbocycles. The monoisotopic (exact) mass is 217 g/mol. The molecule has 1 atom stereocenters. The molecule has 0 aliphatic rings. The zero-order chi connectivity index (χ0) is 11.4. The fourth-order valence-electron chi connectivity index (χ4n) is 1.06. The lowest BCUT2D eigenvalue weighted by atomic mass is 10.4. The van der Waals surface area contributed by atoms with Gasteiger partial charge in [0.05, 0.1) is 6.61 Å². The van der Waals surface area contributed by atoms with Crippen molar-refractivity contribution < 1.29 is 14.2 Å². The Morgan fingerprint density at radius 3 is 2.27 bits per heavy atom. The molecule has 0 bridgehead atoms. The van der Waals surface area contributed by atoms with Gasteiger partial charge in [-0.1, -0.05) is 26.7 Å². The summed E-state index contributed by atoms with van der Waals surface area (Å²) < 4.78 is 16.3. The SMILES string of the molecule is [CH2]COC(COCCCC)OCCCC. The lowest BCUT2D eigenvalue weighted by Gasteiger charge is -2.17. The molecule has 3 nitrogen and oxygen atoms in total. The van der Waals surface area contributed by atoms with Gasteiger partial charge in [0.1, 0.15) is 0 Å². The Kier molecular flexibility index (Phi) is 11.9. The molecule has 3 heteroatoms. The first-order valence-corrected chi connectivity index (χ1v) is 5.95. The fourth-order valence-corrected chi connectivity index (χ4v) is 1.06. The Balaban J connectivity index is 3.44. The quantitative estimate of drug-likeness (QED) is 0.393. The largest absolute Gasteiger partial charge is 0.376 e. The van der Waals surface area contributed by atoms with E-state index in [0.717, 1.165) is 38.9 Å². The highest BCUT2D eigenvalue weighted by molar-refractivity contribution is 4.45. The molecule has 0 aliphatic heterocycles. The number of ether oxygens (including phenoxy) is 3. The highest BCUT2D eigenvalue weighted by atomic mass is 16.7. The summed E-state index contributed by atoms with van der Waals surface area (Å²) in [5.74, 6) is 0.